The second-order valence-electron chi connectivity index (χ2n) is 10.4. The molecule has 0 amide bonds. The molecule has 1 aliphatic carbocycles. The zero-order chi connectivity index (χ0) is 26.3. The first-order valence-electron chi connectivity index (χ1n) is 14.1. The van der Waals surface area contributed by atoms with Gasteiger partial charge in [0.2, 0.25) is 0 Å². The molecule has 1 aliphatic heterocycles. The molecule has 2 aromatic heterocycles. The van der Waals surface area contributed by atoms with Gasteiger partial charge in [-0.05, 0) is 71.8 Å². The third-order valence-corrected chi connectivity index (χ3v) is 7.62. The number of hydrogen-bond donors (Lipinski definition) is 1. The number of ether oxygens (including phenoxy) is 2. The first-order chi connectivity index (χ1) is 19.3. The van der Waals surface area contributed by atoms with Gasteiger partial charge >= 0.3 is 0 Å². The van der Waals surface area contributed by atoms with Gasteiger partial charge in [0.15, 0.2) is 11.5 Å². The molecule has 0 fully saturated rings. The van der Waals surface area contributed by atoms with Crippen LogP contribution in [0.15, 0.2) is 85.2 Å². The van der Waals surface area contributed by atoms with Crippen LogP contribution in [0.5, 0.6) is 11.5 Å². The van der Waals surface area contributed by atoms with Gasteiger partial charge < -0.3 is 14.8 Å². The lowest BCUT2D eigenvalue weighted by molar-refractivity contribution is 0.161. The highest BCUT2D eigenvalue weighted by molar-refractivity contribution is 5.44. The SMILES string of the molecule is c1ccc(CNCc2ccc(CN(Cc3ccc4c(c3)OCCO4)C3CCCCc4cccnc43)cc2)nc1. The van der Waals surface area contributed by atoms with Crippen LogP contribution in [0.4, 0.5) is 0 Å². The smallest absolute Gasteiger partial charge is 0.161 e. The summed E-state index contributed by atoms with van der Waals surface area (Å²) in [5.74, 6) is 1.69. The number of aryl methyl sites for hydroxylation is 1. The summed E-state index contributed by atoms with van der Waals surface area (Å²) < 4.78 is 11.7. The lowest BCUT2D eigenvalue weighted by Gasteiger charge is -2.32. The molecule has 200 valence electrons. The van der Waals surface area contributed by atoms with Crippen molar-refractivity contribution in [1.82, 2.24) is 20.2 Å². The van der Waals surface area contributed by atoms with E-state index in [1.54, 1.807) is 0 Å². The predicted molar refractivity (Wildman–Crippen MR) is 152 cm³/mol. The van der Waals surface area contributed by atoms with E-state index in [0.717, 1.165) is 56.2 Å². The average Bonchev–Trinajstić information content (AvgIpc) is 3.21. The molecule has 0 saturated carbocycles. The Morgan fingerprint density at radius 2 is 1.54 bits per heavy atom. The summed E-state index contributed by atoms with van der Waals surface area (Å²) in [7, 11) is 0. The number of pyridine rings is 2. The number of aromatic nitrogens is 2. The van der Waals surface area contributed by atoms with Gasteiger partial charge in [-0.3, -0.25) is 14.9 Å². The number of nitrogens with zero attached hydrogens (tertiary/aromatic N) is 3. The van der Waals surface area contributed by atoms with Crippen LogP contribution < -0.4 is 14.8 Å². The summed E-state index contributed by atoms with van der Waals surface area (Å²) in [5, 5.41) is 3.50. The molecule has 6 nitrogen and oxygen atoms in total. The molecule has 1 atom stereocenters. The standard InChI is InChI=1S/C33H36N4O2/c1-2-9-30(33-28(6-1)7-5-17-36-33)37(24-27-14-15-31-32(20-27)39-19-18-38-31)23-26-12-10-25(11-13-26)21-34-22-29-8-3-4-16-35-29/h3-5,7-8,10-17,20,30,34H,1-2,6,9,18-19,21-24H2. The van der Waals surface area contributed by atoms with Crippen LogP contribution in [0.25, 0.3) is 0 Å². The molecular weight excluding hydrogens is 484 g/mol. The van der Waals surface area contributed by atoms with Crippen LogP contribution in [-0.4, -0.2) is 28.1 Å². The highest BCUT2D eigenvalue weighted by Crippen LogP contribution is 2.36. The van der Waals surface area contributed by atoms with Crippen LogP contribution in [0.1, 0.15) is 58.9 Å². The Hall–Kier alpha value is -3.74. The normalized spacial score (nSPS) is 16.5. The van der Waals surface area contributed by atoms with Crippen LogP contribution in [0.2, 0.25) is 0 Å². The van der Waals surface area contributed by atoms with E-state index in [0.29, 0.717) is 13.2 Å². The van der Waals surface area contributed by atoms with E-state index in [9.17, 15) is 0 Å². The number of benzene rings is 2. The molecular formula is C33H36N4O2. The van der Waals surface area contributed by atoms with Crippen molar-refractivity contribution in [3.63, 3.8) is 0 Å². The molecule has 4 aromatic rings. The Balaban J connectivity index is 1.20. The van der Waals surface area contributed by atoms with E-state index in [2.05, 4.69) is 63.7 Å². The molecule has 0 spiro atoms. The second kappa shape index (κ2) is 12.4. The average molecular weight is 521 g/mol. The molecule has 39 heavy (non-hydrogen) atoms. The van der Waals surface area contributed by atoms with Gasteiger partial charge in [0.05, 0.1) is 17.4 Å². The highest BCUT2D eigenvalue weighted by atomic mass is 16.6. The van der Waals surface area contributed by atoms with Crippen molar-refractivity contribution >= 4 is 0 Å². The van der Waals surface area contributed by atoms with Crippen molar-refractivity contribution in [3.8, 4) is 11.5 Å². The fourth-order valence-electron chi connectivity index (χ4n) is 5.64. The summed E-state index contributed by atoms with van der Waals surface area (Å²) in [6.45, 7) is 4.47. The largest absolute Gasteiger partial charge is 0.486 e. The van der Waals surface area contributed by atoms with Gasteiger partial charge in [-0.15, -0.1) is 0 Å². The number of rotatable bonds is 9. The maximum atomic E-state index is 5.89. The molecule has 2 aliphatic rings. The lowest BCUT2D eigenvalue weighted by atomic mass is 10.0. The molecule has 2 aromatic carbocycles. The first-order valence-corrected chi connectivity index (χ1v) is 14.1. The fraction of sp³-hybridized carbons (Fsp3) is 0.333. The monoisotopic (exact) mass is 520 g/mol. The zero-order valence-electron chi connectivity index (χ0n) is 22.4. The maximum Gasteiger partial charge on any atom is 0.161 e. The Kier molecular flexibility index (Phi) is 8.13. The van der Waals surface area contributed by atoms with Gasteiger partial charge in [-0.2, -0.15) is 0 Å². The van der Waals surface area contributed by atoms with Gasteiger partial charge in [-0.1, -0.05) is 48.9 Å². The lowest BCUT2D eigenvalue weighted by Crippen LogP contribution is -2.29. The molecule has 1 unspecified atom stereocenters. The second-order valence-corrected chi connectivity index (χ2v) is 10.4. The van der Waals surface area contributed by atoms with E-state index in [1.807, 2.05) is 36.7 Å². The van der Waals surface area contributed by atoms with E-state index in [-0.39, 0.29) is 6.04 Å². The zero-order valence-corrected chi connectivity index (χ0v) is 22.4. The van der Waals surface area contributed by atoms with Crippen LogP contribution in [0, 0.1) is 0 Å². The van der Waals surface area contributed by atoms with Crippen LogP contribution in [0.3, 0.4) is 0 Å². The molecule has 6 heteroatoms. The van der Waals surface area contributed by atoms with Gasteiger partial charge in [0.25, 0.3) is 0 Å². The van der Waals surface area contributed by atoms with Crippen molar-refractivity contribution in [2.24, 2.45) is 0 Å². The Bertz CT molecular complexity index is 1360. The first kappa shape index (κ1) is 25.5. The Morgan fingerprint density at radius 1 is 0.744 bits per heavy atom. The minimum absolute atomic E-state index is 0.275. The summed E-state index contributed by atoms with van der Waals surface area (Å²) in [6.07, 6.45) is 8.44. The van der Waals surface area contributed by atoms with Crippen molar-refractivity contribution < 1.29 is 9.47 Å². The van der Waals surface area contributed by atoms with Crippen molar-refractivity contribution in [1.29, 1.82) is 0 Å². The number of hydrogen-bond acceptors (Lipinski definition) is 6. The third-order valence-electron chi connectivity index (χ3n) is 7.62. The van der Waals surface area contributed by atoms with E-state index in [4.69, 9.17) is 14.5 Å². The molecule has 6 rings (SSSR count). The number of fused-ring (bicyclic) bond motifs is 2. The Labute approximate surface area is 231 Å². The highest BCUT2D eigenvalue weighted by Gasteiger charge is 2.27. The van der Waals surface area contributed by atoms with Crippen molar-refractivity contribution in [2.75, 3.05) is 13.2 Å². The summed E-state index contributed by atoms with van der Waals surface area (Å²) in [4.78, 5) is 11.9. The summed E-state index contributed by atoms with van der Waals surface area (Å²) in [6, 6.07) is 26.0. The summed E-state index contributed by atoms with van der Waals surface area (Å²) >= 11 is 0. The molecule has 0 bridgehead atoms. The minimum atomic E-state index is 0.275. The number of nitrogens with one attached hydrogen (secondary N) is 1. The van der Waals surface area contributed by atoms with Gasteiger partial charge in [0.1, 0.15) is 13.2 Å². The fourth-order valence-corrected chi connectivity index (χ4v) is 5.64. The Morgan fingerprint density at radius 3 is 2.41 bits per heavy atom. The van der Waals surface area contributed by atoms with E-state index in [1.165, 1.54) is 40.8 Å². The molecule has 0 saturated heterocycles. The van der Waals surface area contributed by atoms with Crippen molar-refractivity contribution in [2.45, 2.75) is 57.9 Å². The topological polar surface area (TPSA) is 59.5 Å². The maximum absolute atomic E-state index is 5.89. The van der Waals surface area contributed by atoms with Gasteiger partial charge in [0, 0.05) is 38.6 Å². The quantitative estimate of drug-likeness (QED) is 0.273. The van der Waals surface area contributed by atoms with E-state index >= 15 is 0 Å². The van der Waals surface area contributed by atoms with E-state index < -0.39 is 0 Å². The molecule has 0 radical (unpaired) electrons. The van der Waals surface area contributed by atoms with Crippen LogP contribution >= 0.6 is 0 Å². The van der Waals surface area contributed by atoms with Crippen LogP contribution in [-0.2, 0) is 32.6 Å². The molecule has 3 heterocycles. The van der Waals surface area contributed by atoms with Gasteiger partial charge in [-0.25, -0.2) is 0 Å². The molecule has 1 N–H and O–H groups in total. The minimum Gasteiger partial charge on any atom is -0.486 e. The predicted octanol–water partition coefficient (Wildman–Crippen LogP) is 6.01. The van der Waals surface area contributed by atoms with Crippen molar-refractivity contribution in [3.05, 3.63) is 119 Å². The third kappa shape index (κ3) is 6.47. The summed E-state index contributed by atoms with van der Waals surface area (Å²) in [5.41, 5.74) is 7.50.